The average molecular weight is 326 g/mol. The third kappa shape index (κ3) is 2.94. The topological polar surface area (TPSA) is 21.3 Å². The van der Waals surface area contributed by atoms with E-state index in [0.29, 0.717) is 0 Å². The molecule has 0 aliphatic rings. The maximum atomic E-state index is 5.27. The second kappa shape index (κ2) is 6.36. The second-order valence-electron chi connectivity index (χ2n) is 3.90. The van der Waals surface area contributed by atoms with Gasteiger partial charge in [0.15, 0.2) is 0 Å². The van der Waals surface area contributed by atoms with Gasteiger partial charge in [-0.1, -0.05) is 19.1 Å². The third-order valence-electron chi connectivity index (χ3n) is 2.75. The molecule has 0 spiro atoms. The highest BCUT2D eigenvalue weighted by molar-refractivity contribution is 9.10. The Morgan fingerprint density at radius 3 is 2.78 bits per heavy atom. The Balaban J connectivity index is 2.34. The molecule has 1 unspecified atom stereocenters. The number of methoxy groups -OCH3 is 1. The van der Waals surface area contributed by atoms with Gasteiger partial charge in [-0.25, -0.2) is 0 Å². The Morgan fingerprint density at radius 1 is 1.39 bits per heavy atom. The molecule has 0 amide bonds. The molecule has 18 heavy (non-hydrogen) atoms. The standard InChI is InChI=1S/C14H16BrNOS/c1-3-16-14(13-5-4-8-18-13)10-6-7-12(17-2)11(15)9-10/h4-9,14,16H,3H2,1-2H3. The van der Waals surface area contributed by atoms with Crippen LogP contribution in [0.1, 0.15) is 23.4 Å². The van der Waals surface area contributed by atoms with Gasteiger partial charge in [0.05, 0.1) is 17.6 Å². The van der Waals surface area contributed by atoms with Crippen molar-refractivity contribution in [3.05, 3.63) is 50.6 Å². The zero-order chi connectivity index (χ0) is 13.0. The molecule has 96 valence electrons. The molecule has 4 heteroatoms. The summed E-state index contributed by atoms with van der Waals surface area (Å²) in [7, 11) is 1.68. The van der Waals surface area contributed by atoms with Gasteiger partial charge in [0, 0.05) is 4.88 Å². The first-order chi connectivity index (χ1) is 8.76. The number of hydrogen-bond donors (Lipinski definition) is 1. The summed E-state index contributed by atoms with van der Waals surface area (Å²) in [5.74, 6) is 0.861. The first kappa shape index (κ1) is 13.6. The van der Waals surface area contributed by atoms with Crippen molar-refractivity contribution in [1.29, 1.82) is 0 Å². The van der Waals surface area contributed by atoms with E-state index < -0.39 is 0 Å². The van der Waals surface area contributed by atoms with Crippen LogP contribution >= 0.6 is 27.3 Å². The van der Waals surface area contributed by atoms with Crippen molar-refractivity contribution in [2.24, 2.45) is 0 Å². The number of nitrogens with one attached hydrogen (secondary N) is 1. The van der Waals surface area contributed by atoms with Crippen molar-refractivity contribution < 1.29 is 4.74 Å². The third-order valence-corrected chi connectivity index (χ3v) is 4.30. The van der Waals surface area contributed by atoms with E-state index in [2.05, 4.69) is 57.8 Å². The van der Waals surface area contributed by atoms with Gasteiger partial charge in [-0.3, -0.25) is 0 Å². The number of thiophene rings is 1. The fourth-order valence-corrected chi connectivity index (χ4v) is 3.29. The summed E-state index contributed by atoms with van der Waals surface area (Å²) in [5, 5.41) is 5.62. The minimum Gasteiger partial charge on any atom is -0.496 e. The van der Waals surface area contributed by atoms with Crippen LogP contribution < -0.4 is 10.1 Å². The van der Waals surface area contributed by atoms with E-state index in [4.69, 9.17) is 4.74 Å². The van der Waals surface area contributed by atoms with Crippen molar-refractivity contribution in [2.75, 3.05) is 13.7 Å². The van der Waals surface area contributed by atoms with Crippen LogP contribution in [0.3, 0.4) is 0 Å². The van der Waals surface area contributed by atoms with E-state index in [-0.39, 0.29) is 6.04 Å². The molecule has 0 fully saturated rings. The monoisotopic (exact) mass is 325 g/mol. The Kier molecular flexibility index (Phi) is 4.80. The van der Waals surface area contributed by atoms with Crippen LogP contribution in [-0.4, -0.2) is 13.7 Å². The van der Waals surface area contributed by atoms with Gasteiger partial charge in [0.25, 0.3) is 0 Å². The van der Waals surface area contributed by atoms with Crippen LogP contribution in [0.25, 0.3) is 0 Å². The summed E-state index contributed by atoms with van der Waals surface area (Å²) in [6, 6.07) is 10.7. The quantitative estimate of drug-likeness (QED) is 0.888. The Bertz CT molecular complexity index is 499. The van der Waals surface area contributed by atoms with E-state index in [1.54, 1.807) is 18.4 Å². The van der Waals surface area contributed by atoms with Crippen LogP contribution in [0.2, 0.25) is 0 Å². The number of ether oxygens (including phenoxy) is 1. The molecular formula is C14H16BrNOS. The highest BCUT2D eigenvalue weighted by Crippen LogP contribution is 2.32. The fraction of sp³-hybridized carbons (Fsp3) is 0.286. The summed E-state index contributed by atoms with van der Waals surface area (Å²) in [6.45, 7) is 3.06. The SMILES string of the molecule is CCNC(c1ccc(OC)c(Br)c1)c1cccs1. The molecule has 0 saturated carbocycles. The lowest BCUT2D eigenvalue weighted by atomic mass is 10.1. The number of hydrogen-bond acceptors (Lipinski definition) is 3. The van der Waals surface area contributed by atoms with Crippen LogP contribution in [0.5, 0.6) is 5.75 Å². The molecule has 0 saturated heterocycles. The molecule has 1 atom stereocenters. The van der Waals surface area contributed by atoms with Gasteiger partial charge >= 0.3 is 0 Å². The molecule has 1 heterocycles. The lowest BCUT2D eigenvalue weighted by molar-refractivity contribution is 0.412. The summed E-state index contributed by atoms with van der Waals surface area (Å²) in [4.78, 5) is 1.33. The van der Waals surface area contributed by atoms with Gasteiger partial charge in [-0.05, 0) is 51.6 Å². The van der Waals surface area contributed by atoms with Crippen molar-refractivity contribution in [3.8, 4) is 5.75 Å². The van der Waals surface area contributed by atoms with Crippen LogP contribution in [-0.2, 0) is 0 Å². The normalized spacial score (nSPS) is 12.4. The Morgan fingerprint density at radius 2 is 2.22 bits per heavy atom. The molecule has 1 N–H and O–H groups in total. The summed E-state index contributed by atoms with van der Waals surface area (Å²) >= 11 is 5.31. The second-order valence-corrected chi connectivity index (χ2v) is 5.73. The zero-order valence-electron chi connectivity index (χ0n) is 10.4. The van der Waals surface area contributed by atoms with Crippen LogP contribution in [0.4, 0.5) is 0 Å². The molecule has 2 nitrogen and oxygen atoms in total. The van der Waals surface area contributed by atoms with Gasteiger partial charge in [-0.2, -0.15) is 0 Å². The smallest absolute Gasteiger partial charge is 0.133 e. The number of benzene rings is 1. The zero-order valence-corrected chi connectivity index (χ0v) is 12.8. The van der Waals surface area contributed by atoms with Crippen molar-refractivity contribution >= 4 is 27.3 Å². The van der Waals surface area contributed by atoms with E-state index in [9.17, 15) is 0 Å². The van der Waals surface area contributed by atoms with Gasteiger partial charge in [0.1, 0.15) is 5.75 Å². The van der Waals surface area contributed by atoms with Crippen molar-refractivity contribution in [3.63, 3.8) is 0 Å². The predicted molar refractivity (Wildman–Crippen MR) is 80.5 cm³/mol. The number of rotatable bonds is 5. The maximum absolute atomic E-state index is 5.27. The first-order valence-corrected chi connectivity index (χ1v) is 7.53. The van der Waals surface area contributed by atoms with Gasteiger partial charge < -0.3 is 10.1 Å². The summed E-state index contributed by atoms with van der Waals surface area (Å²) < 4.78 is 6.25. The van der Waals surface area contributed by atoms with E-state index in [1.165, 1.54) is 10.4 Å². The largest absolute Gasteiger partial charge is 0.496 e. The average Bonchev–Trinajstić information content (AvgIpc) is 2.89. The summed E-state index contributed by atoms with van der Waals surface area (Å²) in [5.41, 5.74) is 1.24. The minimum atomic E-state index is 0.247. The lowest BCUT2D eigenvalue weighted by Gasteiger charge is -2.18. The van der Waals surface area contributed by atoms with Crippen LogP contribution in [0, 0.1) is 0 Å². The molecule has 1 aromatic heterocycles. The van der Waals surface area contributed by atoms with Crippen molar-refractivity contribution in [2.45, 2.75) is 13.0 Å². The van der Waals surface area contributed by atoms with Crippen LogP contribution in [0.15, 0.2) is 40.2 Å². The fourth-order valence-electron chi connectivity index (χ4n) is 1.90. The number of halogens is 1. The van der Waals surface area contributed by atoms with Gasteiger partial charge in [0.2, 0.25) is 0 Å². The van der Waals surface area contributed by atoms with E-state index in [0.717, 1.165) is 16.8 Å². The summed E-state index contributed by atoms with van der Waals surface area (Å²) in [6.07, 6.45) is 0. The van der Waals surface area contributed by atoms with E-state index >= 15 is 0 Å². The first-order valence-electron chi connectivity index (χ1n) is 5.86. The highest BCUT2D eigenvalue weighted by Gasteiger charge is 2.15. The maximum Gasteiger partial charge on any atom is 0.133 e. The molecule has 2 aromatic rings. The Labute approximate surface area is 120 Å². The minimum absolute atomic E-state index is 0.247. The van der Waals surface area contributed by atoms with Crippen molar-refractivity contribution in [1.82, 2.24) is 5.32 Å². The molecule has 0 aliphatic heterocycles. The molecule has 2 rings (SSSR count). The molecule has 0 bridgehead atoms. The van der Waals surface area contributed by atoms with Gasteiger partial charge in [-0.15, -0.1) is 11.3 Å². The highest BCUT2D eigenvalue weighted by atomic mass is 79.9. The molecule has 0 aliphatic carbocycles. The molecule has 1 aromatic carbocycles. The lowest BCUT2D eigenvalue weighted by Crippen LogP contribution is -2.21. The van der Waals surface area contributed by atoms with E-state index in [1.807, 2.05) is 6.07 Å². The molecule has 0 radical (unpaired) electrons. The predicted octanol–water partition coefficient (Wildman–Crippen LogP) is 4.22. The molecular weight excluding hydrogens is 310 g/mol. The Hall–Kier alpha value is -0.840.